The number of likely N-dealkylation sites (tertiary alicyclic amines) is 1. The molecule has 0 radical (unpaired) electrons. The van der Waals surface area contributed by atoms with Gasteiger partial charge >= 0.3 is 0 Å². The molecule has 0 aromatic heterocycles. The van der Waals surface area contributed by atoms with Crippen molar-refractivity contribution in [3.63, 3.8) is 0 Å². The van der Waals surface area contributed by atoms with Crippen LogP contribution in [0, 0.1) is 0 Å². The molecule has 18 heavy (non-hydrogen) atoms. The van der Waals surface area contributed by atoms with Gasteiger partial charge in [-0.3, -0.25) is 9.69 Å². The van der Waals surface area contributed by atoms with Crippen LogP contribution in [0.1, 0.15) is 52.9 Å². The number of carbonyl (C=O) groups is 1. The van der Waals surface area contributed by atoms with Crippen molar-refractivity contribution in [2.75, 3.05) is 13.1 Å². The summed E-state index contributed by atoms with van der Waals surface area (Å²) in [5, 5.41) is 12.5. The van der Waals surface area contributed by atoms with Gasteiger partial charge in [-0.05, 0) is 46.6 Å². The van der Waals surface area contributed by atoms with Crippen LogP contribution in [-0.4, -0.2) is 47.2 Å². The number of amides is 1. The van der Waals surface area contributed by atoms with Crippen LogP contribution in [0.4, 0.5) is 0 Å². The average Bonchev–Trinajstić information content (AvgIpc) is 2.53. The van der Waals surface area contributed by atoms with Gasteiger partial charge in [-0.2, -0.15) is 0 Å². The summed E-state index contributed by atoms with van der Waals surface area (Å²) in [5.41, 5.74) is 0. The van der Waals surface area contributed by atoms with E-state index >= 15 is 0 Å². The van der Waals surface area contributed by atoms with Crippen molar-refractivity contribution in [3.05, 3.63) is 0 Å². The molecule has 0 aliphatic carbocycles. The van der Waals surface area contributed by atoms with Gasteiger partial charge in [0.25, 0.3) is 0 Å². The van der Waals surface area contributed by atoms with Crippen LogP contribution >= 0.6 is 0 Å². The minimum atomic E-state index is -0.294. The largest absolute Gasteiger partial charge is 0.393 e. The van der Waals surface area contributed by atoms with Gasteiger partial charge in [0.2, 0.25) is 5.91 Å². The van der Waals surface area contributed by atoms with Crippen LogP contribution in [-0.2, 0) is 4.79 Å². The number of aliphatic hydroxyl groups is 1. The topological polar surface area (TPSA) is 52.6 Å². The van der Waals surface area contributed by atoms with Crippen molar-refractivity contribution in [2.45, 2.75) is 71.1 Å². The average molecular weight is 256 g/mol. The Hall–Kier alpha value is -0.610. The minimum Gasteiger partial charge on any atom is -0.393 e. The van der Waals surface area contributed by atoms with Gasteiger partial charge in [0.05, 0.1) is 12.1 Å². The van der Waals surface area contributed by atoms with Crippen molar-refractivity contribution in [3.8, 4) is 0 Å². The highest BCUT2D eigenvalue weighted by atomic mass is 16.3. The van der Waals surface area contributed by atoms with E-state index in [4.69, 9.17) is 0 Å². The molecular formula is C14H28N2O2. The Labute approximate surface area is 111 Å². The Bertz CT molecular complexity index is 256. The number of nitrogens with zero attached hydrogens (tertiary/aromatic N) is 1. The Balaban J connectivity index is 2.68. The van der Waals surface area contributed by atoms with E-state index < -0.39 is 0 Å². The third-order valence-electron chi connectivity index (χ3n) is 3.76. The maximum absolute atomic E-state index is 12.0. The monoisotopic (exact) mass is 256 g/mol. The number of hydrogen-bond acceptors (Lipinski definition) is 3. The molecule has 1 aliphatic heterocycles. The van der Waals surface area contributed by atoms with Crippen LogP contribution in [0.15, 0.2) is 0 Å². The molecule has 0 spiro atoms. The van der Waals surface area contributed by atoms with Gasteiger partial charge in [-0.15, -0.1) is 0 Å². The van der Waals surface area contributed by atoms with Crippen molar-refractivity contribution < 1.29 is 9.90 Å². The molecule has 1 amide bonds. The highest BCUT2D eigenvalue weighted by Gasteiger charge is 2.29. The minimum absolute atomic E-state index is 0.0909. The fourth-order valence-corrected chi connectivity index (χ4v) is 2.83. The SMILES string of the molecule is CCNC(=O)C(C)N1CCCCCC1CC(C)O. The fraction of sp³-hybridized carbons (Fsp3) is 0.929. The Morgan fingerprint density at radius 2 is 2.11 bits per heavy atom. The normalized spacial score (nSPS) is 25.2. The Morgan fingerprint density at radius 3 is 2.72 bits per heavy atom. The predicted molar refractivity (Wildman–Crippen MR) is 73.4 cm³/mol. The first-order valence-corrected chi connectivity index (χ1v) is 7.27. The van der Waals surface area contributed by atoms with E-state index in [1.807, 2.05) is 20.8 Å². The molecule has 0 saturated carbocycles. The molecule has 1 rings (SSSR count). The summed E-state index contributed by atoms with van der Waals surface area (Å²) in [4.78, 5) is 14.3. The van der Waals surface area contributed by atoms with Crippen LogP contribution in [0.25, 0.3) is 0 Å². The molecule has 1 aliphatic rings. The standard InChI is InChI=1S/C14H28N2O2/c1-4-15-14(18)12(3)16-9-7-5-6-8-13(16)10-11(2)17/h11-13,17H,4-10H2,1-3H3,(H,15,18). The molecule has 3 unspecified atom stereocenters. The van der Waals surface area contributed by atoms with E-state index in [0.717, 1.165) is 25.8 Å². The molecule has 0 aromatic carbocycles. The van der Waals surface area contributed by atoms with Crippen molar-refractivity contribution >= 4 is 5.91 Å². The lowest BCUT2D eigenvalue weighted by molar-refractivity contribution is -0.127. The molecule has 1 fully saturated rings. The predicted octanol–water partition coefficient (Wildman–Crippen LogP) is 1.53. The molecule has 4 heteroatoms. The van der Waals surface area contributed by atoms with Crippen molar-refractivity contribution in [2.24, 2.45) is 0 Å². The van der Waals surface area contributed by atoms with Crippen LogP contribution in [0.2, 0.25) is 0 Å². The second kappa shape index (κ2) is 7.74. The number of aliphatic hydroxyl groups excluding tert-OH is 1. The number of hydrogen-bond donors (Lipinski definition) is 2. The summed E-state index contributed by atoms with van der Waals surface area (Å²) < 4.78 is 0. The van der Waals surface area contributed by atoms with Gasteiger partial charge < -0.3 is 10.4 Å². The van der Waals surface area contributed by atoms with Gasteiger partial charge in [-0.25, -0.2) is 0 Å². The number of nitrogens with one attached hydrogen (secondary N) is 1. The van der Waals surface area contributed by atoms with E-state index in [2.05, 4.69) is 10.2 Å². The zero-order chi connectivity index (χ0) is 13.5. The van der Waals surface area contributed by atoms with Gasteiger partial charge in [0.15, 0.2) is 0 Å². The number of rotatable bonds is 5. The fourth-order valence-electron chi connectivity index (χ4n) is 2.83. The summed E-state index contributed by atoms with van der Waals surface area (Å²) in [6.07, 6.45) is 5.15. The van der Waals surface area contributed by atoms with Gasteiger partial charge in [-0.1, -0.05) is 12.8 Å². The second-order valence-corrected chi connectivity index (χ2v) is 5.40. The lowest BCUT2D eigenvalue weighted by Gasteiger charge is -2.35. The quantitative estimate of drug-likeness (QED) is 0.784. The molecule has 1 saturated heterocycles. The highest BCUT2D eigenvalue weighted by molar-refractivity contribution is 5.81. The lowest BCUT2D eigenvalue weighted by atomic mass is 10.0. The molecule has 0 aromatic rings. The van der Waals surface area contributed by atoms with Crippen LogP contribution in [0.5, 0.6) is 0 Å². The number of likely N-dealkylation sites (N-methyl/N-ethyl adjacent to an activating group) is 1. The molecule has 106 valence electrons. The summed E-state index contributed by atoms with van der Waals surface area (Å²) in [5.74, 6) is 0.106. The second-order valence-electron chi connectivity index (χ2n) is 5.40. The lowest BCUT2D eigenvalue weighted by Crippen LogP contribution is -2.50. The maximum atomic E-state index is 12.0. The van der Waals surface area contributed by atoms with E-state index in [1.165, 1.54) is 12.8 Å². The highest BCUT2D eigenvalue weighted by Crippen LogP contribution is 2.22. The van der Waals surface area contributed by atoms with Gasteiger partial charge in [0, 0.05) is 12.6 Å². The van der Waals surface area contributed by atoms with E-state index in [0.29, 0.717) is 12.6 Å². The van der Waals surface area contributed by atoms with E-state index in [9.17, 15) is 9.90 Å². The number of carbonyl (C=O) groups excluding carboxylic acids is 1. The molecule has 3 atom stereocenters. The maximum Gasteiger partial charge on any atom is 0.237 e. The molecular weight excluding hydrogens is 228 g/mol. The molecule has 1 heterocycles. The third kappa shape index (κ3) is 4.58. The zero-order valence-corrected chi connectivity index (χ0v) is 12.0. The van der Waals surface area contributed by atoms with Crippen molar-refractivity contribution in [1.29, 1.82) is 0 Å². The summed E-state index contributed by atoms with van der Waals surface area (Å²) in [6.45, 7) is 7.40. The third-order valence-corrected chi connectivity index (χ3v) is 3.76. The van der Waals surface area contributed by atoms with E-state index in [-0.39, 0.29) is 18.1 Å². The molecule has 2 N–H and O–H groups in total. The van der Waals surface area contributed by atoms with Gasteiger partial charge in [0.1, 0.15) is 0 Å². The van der Waals surface area contributed by atoms with Crippen LogP contribution < -0.4 is 5.32 Å². The summed E-state index contributed by atoms with van der Waals surface area (Å²) >= 11 is 0. The molecule has 4 nitrogen and oxygen atoms in total. The van der Waals surface area contributed by atoms with Crippen LogP contribution in [0.3, 0.4) is 0 Å². The van der Waals surface area contributed by atoms with E-state index in [1.54, 1.807) is 0 Å². The first-order chi connectivity index (χ1) is 8.56. The smallest absolute Gasteiger partial charge is 0.237 e. The Morgan fingerprint density at radius 1 is 1.39 bits per heavy atom. The summed E-state index contributed by atoms with van der Waals surface area (Å²) in [6, 6.07) is 0.247. The Kier molecular flexibility index (Phi) is 6.65. The zero-order valence-electron chi connectivity index (χ0n) is 12.0. The molecule has 0 bridgehead atoms. The first kappa shape index (κ1) is 15.4. The summed E-state index contributed by atoms with van der Waals surface area (Å²) in [7, 11) is 0. The first-order valence-electron chi connectivity index (χ1n) is 7.27. The van der Waals surface area contributed by atoms with Crippen molar-refractivity contribution in [1.82, 2.24) is 10.2 Å².